The number of carbonyl (C=O) groups excluding carboxylic acids is 1. The maximum absolute atomic E-state index is 11.9. The van der Waals surface area contributed by atoms with Gasteiger partial charge in [-0.1, -0.05) is 30.3 Å². The van der Waals surface area contributed by atoms with Crippen LogP contribution in [0.5, 0.6) is 0 Å². The van der Waals surface area contributed by atoms with Crippen molar-refractivity contribution in [2.45, 2.75) is 25.4 Å². The second-order valence-corrected chi connectivity index (χ2v) is 5.07. The number of nitrogens with two attached hydrogens (primary N) is 1. The lowest BCUT2D eigenvalue weighted by molar-refractivity contribution is -0.123. The summed E-state index contributed by atoms with van der Waals surface area (Å²) in [6.07, 6.45) is 3.03. The van der Waals surface area contributed by atoms with Crippen molar-refractivity contribution in [3.63, 3.8) is 0 Å². The van der Waals surface area contributed by atoms with Gasteiger partial charge in [0.1, 0.15) is 6.04 Å². The summed E-state index contributed by atoms with van der Waals surface area (Å²) in [6.45, 7) is 2.01. The highest BCUT2D eigenvalue weighted by Gasteiger charge is 2.16. The molecular weight excluding hydrogens is 232 g/mol. The Hall–Kier alpha value is -1.00. The number of amides is 1. The normalized spacial score (nSPS) is 14.1. The molecule has 1 aromatic rings. The first kappa shape index (κ1) is 14.1. The van der Waals surface area contributed by atoms with Crippen LogP contribution in [0, 0.1) is 0 Å². The lowest BCUT2D eigenvalue weighted by Gasteiger charge is -2.17. The van der Waals surface area contributed by atoms with Gasteiger partial charge in [-0.25, -0.2) is 0 Å². The second kappa shape index (κ2) is 7.35. The molecule has 0 bridgehead atoms. The Balaban J connectivity index is 2.47. The van der Waals surface area contributed by atoms with E-state index in [0.717, 1.165) is 17.7 Å². The third kappa shape index (κ3) is 4.79. The van der Waals surface area contributed by atoms with Crippen molar-refractivity contribution in [1.29, 1.82) is 0 Å². The summed E-state index contributed by atoms with van der Waals surface area (Å²) in [7, 11) is 0. The summed E-state index contributed by atoms with van der Waals surface area (Å²) in [5, 5.41) is 2.94. The fourth-order valence-corrected chi connectivity index (χ4v) is 2.10. The van der Waals surface area contributed by atoms with Gasteiger partial charge in [0.2, 0.25) is 5.91 Å². The maximum atomic E-state index is 11.9. The maximum Gasteiger partial charge on any atom is 0.241 e. The minimum absolute atomic E-state index is 0.107. The molecule has 94 valence electrons. The molecule has 0 aliphatic carbocycles. The van der Waals surface area contributed by atoms with Crippen LogP contribution in [0.3, 0.4) is 0 Å². The van der Waals surface area contributed by atoms with Gasteiger partial charge in [-0.2, -0.15) is 11.8 Å². The summed E-state index contributed by atoms with van der Waals surface area (Å²) in [6, 6.07) is 9.03. The van der Waals surface area contributed by atoms with Crippen molar-refractivity contribution in [2.24, 2.45) is 5.73 Å². The molecule has 3 N–H and O–H groups in total. The molecule has 0 radical (unpaired) electrons. The fourth-order valence-electron chi connectivity index (χ4n) is 1.51. The van der Waals surface area contributed by atoms with E-state index in [-0.39, 0.29) is 11.9 Å². The third-order valence-electron chi connectivity index (χ3n) is 2.58. The molecule has 0 spiro atoms. The number of hydrogen-bond acceptors (Lipinski definition) is 3. The molecule has 0 heterocycles. The Bertz CT molecular complexity index is 343. The van der Waals surface area contributed by atoms with Gasteiger partial charge in [0.15, 0.2) is 0 Å². The molecule has 2 atom stereocenters. The number of carbonyl (C=O) groups is 1. The fraction of sp³-hybridized carbons (Fsp3) is 0.462. The highest BCUT2D eigenvalue weighted by Crippen LogP contribution is 2.10. The van der Waals surface area contributed by atoms with Crippen LogP contribution in [0.1, 0.15) is 24.9 Å². The third-order valence-corrected chi connectivity index (χ3v) is 3.23. The van der Waals surface area contributed by atoms with Crippen molar-refractivity contribution in [3.05, 3.63) is 35.9 Å². The van der Waals surface area contributed by atoms with Gasteiger partial charge in [0.25, 0.3) is 0 Å². The summed E-state index contributed by atoms with van der Waals surface area (Å²) >= 11 is 1.78. The zero-order valence-electron chi connectivity index (χ0n) is 10.3. The molecule has 0 aliphatic rings. The molecule has 0 saturated heterocycles. The number of nitrogens with one attached hydrogen (secondary N) is 1. The number of benzene rings is 1. The monoisotopic (exact) mass is 252 g/mol. The molecule has 0 saturated carbocycles. The molecule has 1 unspecified atom stereocenters. The van der Waals surface area contributed by atoms with Crippen LogP contribution in [0.25, 0.3) is 0 Å². The Kier molecular flexibility index (Phi) is 6.08. The predicted octanol–water partition coefficient (Wildman–Crippen LogP) is 1.94. The van der Waals surface area contributed by atoms with Gasteiger partial charge in [-0.15, -0.1) is 0 Å². The Morgan fingerprint density at radius 3 is 2.65 bits per heavy atom. The quantitative estimate of drug-likeness (QED) is 0.813. The highest BCUT2D eigenvalue weighted by molar-refractivity contribution is 7.98. The van der Waals surface area contributed by atoms with Crippen LogP contribution in [0.4, 0.5) is 0 Å². The molecule has 0 fully saturated rings. The summed E-state index contributed by atoms with van der Waals surface area (Å²) in [5.41, 5.74) is 6.75. The van der Waals surface area contributed by atoms with E-state index in [2.05, 4.69) is 11.6 Å². The lowest BCUT2D eigenvalue weighted by Crippen LogP contribution is -2.39. The number of thioether (sulfide) groups is 1. The Morgan fingerprint density at radius 2 is 2.06 bits per heavy atom. The number of rotatable bonds is 6. The standard InChI is InChI=1S/C13H20N2OS/c1-10(8-9-17-2)15-13(16)12(14)11-6-4-3-5-7-11/h3-7,10,12H,8-9,14H2,1-2H3,(H,15,16)/t10?,12-/m0/s1. The molecule has 17 heavy (non-hydrogen) atoms. The van der Waals surface area contributed by atoms with E-state index in [4.69, 9.17) is 5.73 Å². The Labute approximate surface area is 107 Å². The summed E-state index contributed by atoms with van der Waals surface area (Å²) in [4.78, 5) is 11.9. The first-order valence-corrected chi connectivity index (χ1v) is 7.14. The minimum atomic E-state index is -0.576. The van der Waals surface area contributed by atoms with Crippen LogP contribution < -0.4 is 11.1 Å². The highest BCUT2D eigenvalue weighted by atomic mass is 32.2. The topological polar surface area (TPSA) is 55.1 Å². The van der Waals surface area contributed by atoms with Crippen LogP contribution >= 0.6 is 11.8 Å². The van der Waals surface area contributed by atoms with Gasteiger partial charge in [0, 0.05) is 6.04 Å². The van der Waals surface area contributed by atoms with Crippen LogP contribution in [-0.2, 0) is 4.79 Å². The SMILES string of the molecule is CSCCC(C)NC(=O)[C@@H](N)c1ccccc1. The predicted molar refractivity (Wildman–Crippen MR) is 74.0 cm³/mol. The molecule has 0 aliphatic heterocycles. The minimum Gasteiger partial charge on any atom is -0.352 e. The van der Waals surface area contributed by atoms with Crippen molar-refractivity contribution in [3.8, 4) is 0 Å². The zero-order valence-corrected chi connectivity index (χ0v) is 11.2. The Morgan fingerprint density at radius 1 is 1.41 bits per heavy atom. The van der Waals surface area contributed by atoms with E-state index in [1.165, 1.54) is 0 Å². The molecule has 1 aromatic carbocycles. The summed E-state index contributed by atoms with van der Waals surface area (Å²) < 4.78 is 0. The first-order chi connectivity index (χ1) is 8.15. The molecule has 1 rings (SSSR count). The molecular formula is C13H20N2OS. The van der Waals surface area contributed by atoms with Crippen molar-refractivity contribution >= 4 is 17.7 Å². The van der Waals surface area contributed by atoms with Crippen molar-refractivity contribution < 1.29 is 4.79 Å². The molecule has 0 aromatic heterocycles. The van der Waals surface area contributed by atoms with E-state index in [1.807, 2.05) is 37.3 Å². The van der Waals surface area contributed by atoms with E-state index < -0.39 is 6.04 Å². The van der Waals surface area contributed by atoms with E-state index in [1.54, 1.807) is 11.8 Å². The smallest absolute Gasteiger partial charge is 0.241 e. The molecule has 3 nitrogen and oxygen atoms in total. The number of hydrogen-bond donors (Lipinski definition) is 2. The first-order valence-electron chi connectivity index (χ1n) is 5.75. The lowest BCUT2D eigenvalue weighted by atomic mass is 10.1. The van der Waals surface area contributed by atoms with Gasteiger partial charge in [-0.05, 0) is 30.9 Å². The van der Waals surface area contributed by atoms with Crippen LogP contribution in [-0.4, -0.2) is 24.0 Å². The van der Waals surface area contributed by atoms with Gasteiger partial charge in [0.05, 0.1) is 0 Å². The zero-order chi connectivity index (χ0) is 12.7. The van der Waals surface area contributed by atoms with Crippen LogP contribution in [0.15, 0.2) is 30.3 Å². The van der Waals surface area contributed by atoms with Crippen molar-refractivity contribution in [1.82, 2.24) is 5.32 Å². The molecule has 1 amide bonds. The van der Waals surface area contributed by atoms with Gasteiger partial charge >= 0.3 is 0 Å². The molecule has 4 heteroatoms. The van der Waals surface area contributed by atoms with Crippen LogP contribution in [0.2, 0.25) is 0 Å². The van der Waals surface area contributed by atoms with Crippen molar-refractivity contribution in [2.75, 3.05) is 12.0 Å². The largest absolute Gasteiger partial charge is 0.352 e. The van der Waals surface area contributed by atoms with E-state index in [9.17, 15) is 4.79 Å². The van der Waals surface area contributed by atoms with E-state index in [0.29, 0.717) is 0 Å². The average molecular weight is 252 g/mol. The second-order valence-electron chi connectivity index (χ2n) is 4.08. The average Bonchev–Trinajstić information content (AvgIpc) is 2.36. The van der Waals surface area contributed by atoms with Gasteiger partial charge in [-0.3, -0.25) is 4.79 Å². The van der Waals surface area contributed by atoms with E-state index >= 15 is 0 Å². The van der Waals surface area contributed by atoms with Gasteiger partial charge < -0.3 is 11.1 Å². The summed E-state index contributed by atoms with van der Waals surface area (Å²) in [5.74, 6) is 0.937.